The second-order valence-electron chi connectivity index (χ2n) is 4.85. The van der Waals surface area contributed by atoms with Crippen LogP contribution < -0.4 is 5.32 Å². The van der Waals surface area contributed by atoms with Gasteiger partial charge in [0.15, 0.2) is 0 Å². The van der Waals surface area contributed by atoms with Crippen LogP contribution in [0.3, 0.4) is 0 Å². The highest BCUT2D eigenvalue weighted by atomic mass is 35.5. The summed E-state index contributed by atoms with van der Waals surface area (Å²) in [6.45, 7) is 2.56. The Morgan fingerprint density at radius 3 is 2.95 bits per heavy atom. The SMILES string of the molecule is CSc1nccnc1COCCCC1CCCCN1.Cl. The summed E-state index contributed by atoms with van der Waals surface area (Å²) in [4.78, 5) is 8.60. The Kier molecular flexibility index (Phi) is 9.18. The molecule has 1 atom stereocenters. The molecular formula is C14H24ClN3OS. The molecule has 0 saturated carbocycles. The summed E-state index contributed by atoms with van der Waals surface area (Å²) < 4.78 is 5.71. The van der Waals surface area contributed by atoms with E-state index in [4.69, 9.17) is 4.74 Å². The Morgan fingerprint density at radius 1 is 1.35 bits per heavy atom. The molecule has 0 aromatic carbocycles. The van der Waals surface area contributed by atoms with Gasteiger partial charge in [0.2, 0.25) is 0 Å². The monoisotopic (exact) mass is 317 g/mol. The predicted molar refractivity (Wildman–Crippen MR) is 85.6 cm³/mol. The molecule has 2 heterocycles. The number of hydrogen-bond donors (Lipinski definition) is 1. The summed E-state index contributed by atoms with van der Waals surface area (Å²) in [6, 6.07) is 0.704. The number of nitrogens with one attached hydrogen (secondary N) is 1. The molecule has 1 unspecified atom stereocenters. The number of halogens is 1. The maximum Gasteiger partial charge on any atom is 0.120 e. The number of ether oxygens (including phenoxy) is 1. The van der Waals surface area contributed by atoms with Crippen LogP contribution >= 0.6 is 24.2 Å². The predicted octanol–water partition coefficient (Wildman–Crippen LogP) is 3.06. The van der Waals surface area contributed by atoms with E-state index in [9.17, 15) is 0 Å². The molecule has 0 spiro atoms. The third-order valence-electron chi connectivity index (χ3n) is 3.42. The highest BCUT2D eigenvalue weighted by molar-refractivity contribution is 7.98. The quantitative estimate of drug-likeness (QED) is 0.618. The van der Waals surface area contributed by atoms with E-state index in [2.05, 4.69) is 15.3 Å². The number of piperidine rings is 1. The van der Waals surface area contributed by atoms with Gasteiger partial charge in [0.1, 0.15) is 5.03 Å². The molecule has 1 fully saturated rings. The molecule has 0 radical (unpaired) electrons. The number of nitrogens with zero attached hydrogens (tertiary/aromatic N) is 2. The van der Waals surface area contributed by atoms with Crippen molar-refractivity contribution in [3.05, 3.63) is 18.1 Å². The highest BCUT2D eigenvalue weighted by Crippen LogP contribution is 2.16. The van der Waals surface area contributed by atoms with E-state index in [1.165, 1.54) is 32.2 Å². The van der Waals surface area contributed by atoms with Crippen LogP contribution in [0.25, 0.3) is 0 Å². The van der Waals surface area contributed by atoms with Crippen molar-refractivity contribution in [2.45, 2.75) is 49.8 Å². The second kappa shape index (κ2) is 10.4. The van der Waals surface area contributed by atoms with Crippen molar-refractivity contribution in [2.75, 3.05) is 19.4 Å². The maximum absolute atomic E-state index is 5.71. The molecule has 1 saturated heterocycles. The fourth-order valence-corrected chi connectivity index (χ4v) is 2.91. The average Bonchev–Trinajstić information content (AvgIpc) is 2.48. The summed E-state index contributed by atoms with van der Waals surface area (Å²) in [7, 11) is 0. The maximum atomic E-state index is 5.71. The van der Waals surface area contributed by atoms with Crippen molar-refractivity contribution in [1.29, 1.82) is 0 Å². The van der Waals surface area contributed by atoms with Crippen LogP contribution in [0.5, 0.6) is 0 Å². The molecule has 0 amide bonds. The van der Waals surface area contributed by atoms with E-state index in [1.54, 1.807) is 24.2 Å². The minimum atomic E-state index is 0. The van der Waals surface area contributed by atoms with Crippen molar-refractivity contribution in [1.82, 2.24) is 15.3 Å². The zero-order valence-corrected chi connectivity index (χ0v) is 13.6. The van der Waals surface area contributed by atoms with Gasteiger partial charge in [0, 0.05) is 25.0 Å². The zero-order valence-electron chi connectivity index (χ0n) is 12.0. The summed E-state index contributed by atoms with van der Waals surface area (Å²) in [5.41, 5.74) is 0.950. The summed E-state index contributed by atoms with van der Waals surface area (Å²) in [5.74, 6) is 0. The van der Waals surface area contributed by atoms with Gasteiger partial charge >= 0.3 is 0 Å². The van der Waals surface area contributed by atoms with Gasteiger partial charge < -0.3 is 10.1 Å². The van der Waals surface area contributed by atoms with Crippen LogP contribution in [0, 0.1) is 0 Å². The molecule has 20 heavy (non-hydrogen) atoms. The first kappa shape index (κ1) is 17.7. The molecule has 1 aromatic rings. The second-order valence-corrected chi connectivity index (χ2v) is 5.65. The molecule has 6 heteroatoms. The normalized spacial score (nSPS) is 18.6. The van der Waals surface area contributed by atoms with Crippen molar-refractivity contribution in [3.8, 4) is 0 Å². The third kappa shape index (κ3) is 5.95. The molecule has 114 valence electrons. The lowest BCUT2D eigenvalue weighted by Gasteiger charge is -2.23. The van der Waals surface area contributed by atoms with Crippen LogP contribution in [-0.4, -0.2) is 35.4 Å². The molecule has 1 aliphatic rings. The van der Waals surface area contributed by atoms with Gasteiger partial charge in [-0.2, -0.15) is 0 Å². The Labute approximate surface area is 131 Å². The zero-order chi connectivity index (χ0) is 13.3. The largest absolute Gasteiger partial charge is 0.375 e. The number of thioether (sulfide) groups is 1. The van der Waals surface area contributed by atoms with Crippen molar-refractivity contribution in [3.63, 3.8) is 0 Å². The van der Waals surface area contributed by atoms with Crippen molar-refractivity contribution >= 4 is 24.2 Å². The Bertz CT molecular complexity index is 375. The van der Waals surface area contributed by atoms with E-state index >= 15 is 0 Å². The molecule has 0 aliphatic carbocycles. The fraction of sp³-hybridized carbons (Fsp3) is 0.714. The summed E-state index contributed by atoms with van der Waals surface area (Å²) >= 11 is 1.62. The van der Waals surface area contributed by atoms with Gasteiger partial charge in [-0.25, -0.2) is 4.98 Å². The van der Waals surface area contributed by atoms with Crippen LogP contribution in [-0.2, 0) is 11.3 Å². The minimum absolute atomic E-state index is 0. The van der Waals surface area contributed by atoms with Crippen LogP contribution in [0.1, 0.15) is 37.8 Å². The number of rotatable bonds is 7. The lowest BCUT2D eigenvalue weighted by molar-refractivity contribution is 0.109. The Hall–Kier alpha value is -0.360. The number of hydrogen-bond acceptors (Lipinski definition) is 5. The van der Waals surface area contributed by atoms with E-state index in [-0.39, 0.29) is 12.4 Å². The first-order valence-electron chi connectivity index (χ1n) is 7.05. The molecule has 4 nitrogen and oxygen atoms in total. The van der Waals surface area contributed by atoms with Gasteiger partial charge in [0.25, 0.3) is 0 Å². The van der Waals surface area contributed by atoms with E-state index in [0.717, 1.165) is 23.7 Å². The lowest BCUT2D eigenvalue weighted by atomic mass is 10.0. The molecule has 0 bridgehead atoms. The van der Waals surface area contributed by atoms with Crippen molar-refractivity contribution in [2.24, 2.45) is 0 Å². The van der Waals surface area contributed by atoms with Gasteiger partial charge in [-0.3, -0.25) is 4.98 Å². The lowest BCUT2D eigenvalue weighted by Crippen LogP contribution is -2.33. The first-order valence-corrected chi connectivity index (χ1v) is 8.27. The summed E-state index contributed by atoms with van der Waals surface area (Å²) in [6.07, 6.45) is 11.8. The Balaban J connectivity index is 0.00000200. The van der Waals surface area contributed by atoms with Gasteiger partial charge in [-0.15, -0.1) is 24.2 Å². The van der Waals surface area contributed by atoms with E-state index in [1.807, 2.05) is 6.26 Å². The minimum Gasteiger partial charge on any atom is -0.375 e. The fourth-order valence-electron chi connectivity index (χ4n) is 2.39. The van der Waals surface area contributed by atoms with Crippen LogP contribution in [0.4, 0.5) is 0 Å². The molecule has 1 aliphatic heterocycles. The Morgan fingerprint density at radius 2 is 2.20 bits per heavy atom. The van der Waals surface area contributed by atoms with Gasteiger partial charge in [-0.1, -0.05) is 6.42 Å². The molecule has 2 rings (SSSR count). The standard InChI is InChI=1S/C14H23N3OS.ClH/c1-19-14-13(16-8-9-17-14)11-18-10-4-6-12-5-2-3-7-15-12;/h8-9,12,15H,2-7,10-11H2,1H3;1H. The molecule has 1 N–H and O–H groups in total. The van der Waals surface area contributed by atoms with Crippen LogP contribution in [0.15, 0.2) is 17.4 Å². The summed E-state index contributed by atoms with van der Waals surface area (Å²) in [5, 5.41) is 4.53. The van der Waals surface area contributed by atoms with Crippen molar-refractivity contribution < 1.29 is 4.74 Å². The topological polar surface area (TPSA) is 47.0 Å². The van der Waals surface area contributed by atoms with E-state index in [0.29, 0.717) is 12.6 Å². The van der Waals surface area contributed by atoms with Gasteiger partial charge in [0.05, 0.1) is 12.3 Å². The van der Waals surface area contributed by atoms with Crippen LogP contribution in [0.2, 0.25) is 0 Å². The smallest absolute Gasteiger partial charge is 0.120 e. The average molecular weight is 318 g/mol. The molecule has 1 aromatic heterocycles. The first-order chi connectivity index (χ1) is 9.40. The molecular weight excluding hydrogens is 294 g/mol. The third-order valence-corrected chi connectivity index (χ3v) is 4.15. The van der Waals surface area contributed by atoms with E-state index < -0.39 is 0 Å². The highest BCUT2D eigenvalue weighted by Gasteiger charge is 2.11. The van der Waals surface area contributed by atoms with Gasteiger partial charge in [-0.05, 0) is 38.5 Å². The number of aromatic nitrogens is 2.